The van der Waals surface area contributed by atoms with E-state index in [4.69, 9.17) is 4.74 Å². The van der Waals surface area contributed by atoms with Gasteiger partial charge < -0.3 is 4.74 Å². The van der Waals surface area contributed by atoms with Gasteiger partial charge in [-0.15, -0.1) is 0 Å². The van der Waals surface area contributed by atoms with Crippen molar-refractivity contribution in [3.63, 3.8) is 0 Å². The molecule has 1 aliphatic rings. The second kappa shape index (κ2) is 9.13. The quantitative estimate of drug-likeness (QED) is 0.414. The van der Waals surface area contributed by atoms with Gasteiger partial charge in [0, 0.05) is 10.8 Å². The summed E-state index contributed by atoms with van der Waals surface area (Å²) in [7, 11) is 0. The monoisotopic (exact) mass is 400 g/mol. The van der Waals surface area contributed by atoms with E-state index >= 15 is 0 Å². The average molecular weight is 401 g/mol. The molecule has 0 heterocycles. The Morgan fingerprint density at radius 1 is 1.07 bits per heavy atom. The van der Waals surface area contributed by atoms with Gasteiger partial charge in [-0.25, -0.2) is 9.18 Å². The van der Waals surface area contributed by atoms with Gasteiger partial charge in [-0.1, -0.05) is 87.5 Å². The minimum atomic E-state index is -1.71. The summed E-state index contributed by atoms with van der Waals surface area (Å²) in [6.45, 7) is 6.59. The molecule has 0 bridgehead atoms. The molecule has 0 aliphatic heterocycles. The lowest BCUT2D eigenvalue weighted by Crippen LogP contribution is -2.44. The van der Waals surface area contributed by atoms with Crippen molar-refractivity contribution < 1.29 is 13.9 Å². The van der Waals surface area contributed by atoms with Gasteiger partial charge in [0.25, 0.3) is 0 Å². The smallest absolute Gasteiger partial charge is 0.352 e. The van der Waals surface area contributed by atoms with Crippen LogP contribution in [0.3, 0.4) is 0 Å². The second-order valence-corrected chi connectivity index (χ2v) is 9.46. The first kappa shape index (κ1) is 20.9. The molecule has 0 radical (unpaired) electrons. The highest BCUT2D eigenvalue weighted by Gasteiger charge is 2.42. The summed E-state index contributed by atoms with van der Waals surface area (Å²) in [5, 5.41) is 0. The Labute approximate surface area is 171 Å². The Morgan fingerprint density at radius 3 is 2.32 bits per heavy atom. The van der Waals surface area contributed by atoms with Crippen LogP contribution in [0.5, 0.6) is 0 Å². The number of alkyl halides is 1. The molecule has 0 N–H and O–H groups in total. The van der Waals surface area contributed by atoms with E-state index < -0.39 is 11.5 Å². The first-order valence-corrected chi connectivity index (χ1v) is 10.9. The van der Waals surface area contributed by atoms with Crippen molar-refractivity contribution in [1.82, 2.24) is 0 Å². The minimum absolute atomic E-state index is 0.148. The number of carbonyl (C=O) groups is 1. The van der Waals surface area contributed by atoms with Crippen LogP contribution in [-0.2, 0) is 14.9 Å². The number of hydrogen-bond donors (Lipinski definition) is 0. The molecular weight excluding hydrogens is 371 g/mol. The normalized spacial score (nSPS) is 23.8. The molecule has 0 saturated heterocycles. The first-order chi connectivity index (χ1) is 13.4. The number of hydrogen-bond acceptors (Lipinski definition) is 3. The Balaban J connectivity index is 1.72. The molecule has 1 saturated carbocycles. The zero-order chi connectivity index (χ0) is 20.1. The predicted molar refractivity (Wildman–Crippen MR) is 113 cm³/mol. The van der Waals surface area contributed by atoms with Crippen LogP contribution >= 0.6 is 11.8 Å². The first-order valence-electron chi connectivity index (χ1n) is 9.99. The number of thioether (sulfide) groups is 1. The maximum absolute atomic E-state index is 14.6. The van der Waals surface area contributed by atoms with E-state index in [1.54, 1.807) is 12.1 Å². The van der Waals surface area contributed by atoms with E-state index in [2.05, 4.69) is 32.9 Å². The molecule has 0 amide bonds. The Morgan fingerprint density at radius 2 is 1.68 bits per heavy atom. The molecule has 1 fully saturated rings. The van der Waals surface area contributed by atoms with Crippen molar-refractivity contribution >= 4 is 17.7 Å². The number of rotatable bonds is 6. The van der Waals surface area contributed by atoms with E-state index in [1.807, 2.05) is 36.4 Å². The van der Waals surface area contributed by atoms with Crippen LogP contribution in [0.1, 0.15) is 45.6 Å². The van der Waals surface area contributed by atoms with Gasteiger partial charge in [-0.05, 0) is 41.9 Å². The number of ether oxygens (including phenoxy) is 1. The Bertz CT molecular complexity index is 763. The van der Waals surface area contributed by atoms with Crippen molar-refractivity contribution in [1.29, 1.82) is 0 Å². The number of halogens is 1. The van der Waals surface area contributed by atoms with E-state index in [0.717, 1.165) is 35.9 Å². The highest BCUT2D eigenvalue weighted by Crippen LogP contribution is 2.44. The maximum atomic E-state index is 14.6. The van der Waals surface area contributed by atoms with E-state index in [0.29, 0.717) is 5.92 Å². The molecule has 2 aromatic carbocycles. The van der Waals surface area contributed by atoms with Gasteiger partial charge in [0.2, 0.25) is 5.50 Å². The molecule has 0 aromatic heterocycles. The third-order valence-electron chi connectivity index (χ3n) is 5.93. The Hall–Kier alpha value is -1.81. The fraction of sp³-hybridized carbons (Fsp3) is 0.458. The molecule has 4 atom stereocenters. The van der Waals surface area contributed by atoms with Gasteiger partial charge in [-0.2, -0.15) is 0 Å². The molecule has 1 aliphatic carbocycles. The van der Waals surface area contributed by atoms with E-state index in [1.165, 1.54) is 5.56 Å². The topological polar surface area (TPSA) is 26.3 Å². The summed E-state index contributed by atoms with van der Waals surface area (Å²) in [5.74, 6) is -0.119. The second-order valence-electron chi connectivity index (χ2n) is 8.33. The molecule has 1 unspecified atom stereocenters. The van der Waals surface area contributed by atoms with Crippen LogP contribution in [0.4, 0.5) is 4.39 Å². The lowest BCUT2D eigenvalue weighted by Gasteiger charge is -2.44. The lowest BCUT2D eigenvalue weighted by atomic mass is 9.64. The summed E-state index contributed by atoms with van der Waals surface area (Å²) in [6, 6.07) is 19.5. The molecule has 0 spiro atoms. The predicted octanol–water partition coefficient (Wildman–Crippen LogP) is 6.40. The van der Waals surface area contributed by atoms with Gasteiger partial charge in [0.1, 0.15) is 6.10 Å². The van der Waals surface area contributed by atoms with Crippen LogP contribution in [0.15, 0.2) is 65.6 Å². The van der Waals surface area contributed by atoms with Gasteiger partial charge in [-0.3, -0.25) is 0 Å². The molecule has 2 nitrogen and oxygen atoms in total. The average Bonchev–Trinajstić information content (AvgIpc) is 2.69. The SMILES string of the molecule is C[C@@H]1CC[C@@H](C(C)(C)c2ccccc2)[C@H](OC(=O)C(F)Sc2ccccc2)C1. The third kappa shape index (κ3) is 4.96. The van der Waals surface area contributed by atoms with E-state index in [9.17, 15) is 9.18 Å². The van der Waals surface area contributed by atoms with Crippen LogP contribution in [-0.4, -0.2) is 17.6 Å². The van der Waals surface area contributed by atoms with Gasteiger partial charge >= 0.3 is 5.97 Å². The van der Waals surface area contributed by atoms with Crippen LogP contribution in [0.2, 0.25) is 0 Å². The van der Waals surface area contributed by atoms with Crippen molar-refractivity contribution in [2.45, 2.75) is 62.0 Å². The van der Waals surface area contributed by atoms with Gasteiger partial charge in [0.05, 0.1) is 0 Å². The Kier molecular flexibility index (Phi) is 6.82. The molecule has 2 aromatic rings. The standard InChI is InChI=1S/C24H29FO2S/c1-17-14-15-20(24(2,3)18-10-6-4-7-11-18)21(16-17)27-23(26)22(25)28-19-12-8-5-9-13-19/h4-13,17,20-22H,14-16H2,1-3H3/t17-,20-,21-,22?/m1/s1. The van der Waals surface area contributed by atoms with Crippen LogP contribution in [0, 0.1) is 11.8 Å². The van der Waals surface area contributed by atoms with Crippen molar-refractivity contribution in [2.75, 3.05) is 0 Å². The zero-order valence-corrected chi connectivity index (χ0v) is 17.6. The summed E-state index contributed by atoms with van der Waals surface area (Å²) >= 11 is 0.905. The molecular formula is C24H29FO2S. The van der Waals surface area contributed by atoms with Crippen molar-refractivity contribution in [2.24, 2.45) is 11.8 Å². The zero-order valence-electron chi connectivity index (χ0n) is 16.8. The lowest BCUT2D eigenvalue weighted by molar-refractivity contribution is -0.159. The summed E-state index contributed by atoms with van der Waals surface area (Å²) in [4.78, 5) is 13.2. The minimum Gasteiger partial charge on any atom is -0.459 e. The van der Waals surface area contributed by atoms with Crippen LogP contribution in [0.25, 0.3) is 0 Å². The van der Waals surface area contributed by atoms with Crippen molar-refractivity contribution in [3.8, 4) is 0 Å². The van der Waals surface area contributed by atoms with Crippen molar-refractivity contribution in [3.05, 3.63) is 66.2 Å². The fourth-order valence-corrected chi connectivity index (χ4v) is 4.94. The third-order valence-corrected chi connectivity index (χ3v) is 6.88. The maximum Gasteiger partial charge on any atom is 0.352 e. The number of carbonyl (C=O) groups excluding carboxylic acids is 1. The molecule has 3 rings (SSSR count). The van der Waals surface area contributed by atoms with Crippen LogP contribution < -0.4 is 0 Å². The number of benzene rings is 2. The summed E-state index contributed by atoms with van der Waals surface area (Å²) < 4.78 is 20.4. The van der Waals surface area contributed by atoms with E-state index in [-0.39, 0.29) is 17.4 Å². The highest BCUT2D eigenvalue weighted by atomic mass is 32.2. The summed E-state index contributed by atoms with van der Waals surface area (Å²) in [5.41, 5.74) is -0.628. The molecule has 28 heavy (non-hydrogen) atoms. The molecule has 4 heteroatoms. The largest absolute Gasteiger partial charge is 0.459 e. The molecule has 150 valence electrons. The van der Waals surface area contributed by atoms with Gasteiger partial charge in [0.15, 0.2) is 0 Å². The highest BCUT2D eigenvalue weighted by molar-refractivity contribution is 8.00. The number of esters is 1. The summed E-state index contributed by atoms with van der Waals surface area (Å²) in [6.07, 6.45) is 2.60. The fourth-order valence-electron chi connectivity index (χ4n) is 4.24.